The van der Waals surface area contributed by atoms with Gasteiger partial charge in [-0.05, 0) is 24.4 Å². The first-order valence-corrected chi connectivity index (χ1v) is 6.19. The minimum Gasteiger partial charge on any atom is -0.459 e. The monoisotopic (exact) mass is 273 g/mol. The number of para-hydroxylation sites is 1. The van der Waals surface area contributed by atoms with E-state index in [1.54, 1.807) is 4.52 Å². The number of aromatic amines is 1. The first-order chi connectivity index (χ1) is 9.15. The predicted molar refractivity (Wildman–Crippen MR) is 73.4 cm³/mol. The minimum absolute atomic E-state index is 0.195. The molecule has 1 aromatic carbocycles. The van der Waals surface area contributed by atoms with Gasteiger partial charge in [-0.15, -0.1) is 0 Å². The first kappa shape index (κ1) is 11.9. The molecule has 0 bridgehead atoms. The maximum atomic E-state index is 10.8. The van der Waals surface area contributed by atoms with Crippen molar-refractivity contribution in [2.24, 2.45) is 0 Å². The highest BCUT2D eigenvalue weighted by atomic mass is 32.1. The number of nitrogens with one attached hydrogen (secondary N) is 1. The number of nitrogens with zero attached hydrogens (tertiary/aromatic N) is 2. The third kappa shape index (κ3) is 2.10. The summed E-state index contributed by atoms with van der Waals surface area (Å²) in [5, 5.41) is 4.09. The number of hydrogen-bond donors (Lipinski definition) is 1. The van der Waals surface area contributed by atoms with Gasteiger partial charge < -0.3 is 4.74 Å². The zero-order valence-electron chi connectivity index (χ0n) is 10.2. The Balaban J connectivity index is 2.21. The summed E-state index contributed by atoms with van der Waals surface area (Å²) in [6.07, 6.45) is 0. The second kappa shape index (κ2) is 4.47. The summed E-state index contributed by atoms with van der Waals surface area (Å²) in [7, 11) is 0. The van der Waals surface area contributed by atoms with Crippen LogP contribution in [0.2, 0.25) is 0 Å². The number of carbonyl (C=O) groups excluding carboxylic acids is 1. The Morgan fingerprint density at radius 1 is 1.47 bits per heavy atom. The Morgan fingerprint density at radius 3 is 3.05 bits per heavy atom. The van der Waals surface area contributed by atoms with E-state index in [2.05, 4.69) is 10.1 Å². The van der Waals surface area contributed by atoms with Crippen molar-refractivity contribution in [3.63, 3.8) is 0 Å². The predicted octanol–water partition coefficient (Wildman–Crippen LogP) is 2.61. The average Bonchev–Trinajstić information content (AvgIpc) is 2.81. The van der Waals surface area contributed by atoms with Gasteiger partial charge in [-0.2, -0.15) is 0 Å². The quantitative estimate of drug-likeness (QED) is 0.576. The maximum Gasteiger partial charge on any atom is 0.303 e. The fourth-order valence-corrected chi connectivity index (χ4v) is 2.25. The molecule has 19 heavy (non-hydrogen) atoms. The van der Waals surface area contributed by atoms with E-state index in [4.69, 9.17) is 17.0 Å². The Hall–Kier alpha value is -2.21. The number of hydrogen-bond acceptors (Lipinski definition) is 4. The SMILES string of the molecule is CC(=O)OCc1cc2c3ccccc3nc(=S)n2[nH]1. The topological polar surface area (TPSA) is 59.4 Å². The molecule has 2 heterocycles. The van der Waals surface area contributed by atoms with Gasteiger partial charge in [-0.1, -0.05) is 18.2 Å². The first-order valence-electron chi connectivity index (χ1n) is 5.78. The molecule has 96 valence electrons. The highest BCUT2D eigenvalue weighted by Crippen LogP contribution is 2.19. The molecule has 6 heteroatoms. The summed E-state index contributed by atoms with van der Waals surface area (Å²) in [6, 6.07) is 9.70. The van der Waals surface area contributed by atoms with E-state index in [9.17, 15) is 4.79 Å². The van der Waals surface area contributed by atoms with Gasteiger partial charge in [-0.25, -0.2) is 9.50 Å². The van der Waals surface area contributed by atoms with Crippen molar-refractivity contribution >= 4 is 34.6 Å². The average molecular weight is 273 g/mol. The van der Waals surface area contributed by atoms with E-state index in [0.29, 0.717) is 4.77 Å². The van der Waals surface area contributed by atoms with E-state index in [0.717, 1.165) is 22.1 Å². The Kier molecular flexibility index (Phi) is 2.79. The molecule has 0 unspecified atom stereocenters. The second-order valence-corrected chi connectivity index (χ2v) is 4.56. The van der Waals surface area contributed by atoms with Crippen LogP contribution in [0.5, 0.6) is 0 Å². The number of aromatic nitrogens is 3. The normalized spacial score (nSPS) is 11.0. The molecule has 0 saturated carbocycles. The maximum absolute atomic E-state index is 10.8. The second-order valence-electron chi connectivity index (χ2n) is 4.19. The van der Waals surface area contributed by atoms with Crippen molar-refractivity contribution in [2.75, 3.05) is 0 Å². The lowest BCUT2D eigenvalue weighted by Crippen LogP contribution is -2.00. The fourth-order valence-electron chi connectivity index (χ4n) is 2.01. The molecule has 0 saturated heterocycles. The molecule has 0 aliphatic carbocycles. The van der Waals surface area contributed by atoms with Gasteiger partial charge in [0.1, 0.15) is 6.61 Å². The molecule has 5 nitrogen and oxygen atoms in total. The third-order valence-electron chi connectivity index (χ3n) is 2.83. The van der Waals surface area contributed by atoms with E-state index < -0.39 is 0 Å². The number of fused-ring (bicyclic) bond motifs is 3. The third-order valence-corrected chi connectivity index (χ3v) is 3.10. The highest BCUT2D eigenvalue weighted by Gasteiger charge is 2.07. The molecule has 3 aromatic rings. The zero-order valence-corrected chi connectivity index (χ0v) is 11.0. The number of H-pyrrole nitrogens is 1. The van der Waals surface area contributed by atoms with Crippen molar-refractivity contribution in [2.45, 2.75) is 13.5 Å². The lowest BCUT2D eigenvalue weighted by molar-refractivity contribution is -0.142. The van der Waals surface area contributed by atoms with Crippen LogP contribution < -0.4 is 0 Å². The fraction of sp³-hybridized carbons (Fsp3) is 0.154. The molecule has 3 rings (SSSR count). The smallest absolute Gasteiger partial charge is 0.303 e. The van der Waals surface area contributed by atoms with Crippen LogP contribution in [0.25, 0.3) is 16.4 Å². The van der Waals surface area contributed by atoms with Gasteiger partial charge in [0.05, 0.1) is 16.7 Å². The Bertz CT molecular complexity index is 835. The Morgan fingerprint density at radius 2 is 2.26 bits per heavy atom. The van der Waals surface area contributed by atoms with Crippen LogP contribution in [-0.2, 0) is 16.1 Å². The van der Waals surface area contributed by atoms with E-state index in [1.807, 2.05) is 30.3 Å². The number of rotatable bonds is 2. The lowest BCUT2D eigenvalue weighted by Gasteiger charge is -1.99. The highest BCUT2D eigenvalue weighted by molar-refractivity contribution is 7.71. The molecule has 1 N–H and O–H groups in total. The van der Waals surface area contributed by atoms with Gasteiger partial charge in [0.25, 0.3) is 0 Å². The molecule has 0 atom stereocenters. The van der Waals surface area contributed by atoms with Gasteiger partial charge in [0, 0.05) is 12.3 Å². The van der Waals surface area contributed by atoms with Crippen LogP contribution in [0.1, 0.15) is 12.6 Å². The molecular weight excluding hydrogens is 262 g/mol. The van der Waals surface area contributed by atoms with Gasteiger partial charge in [0.2, 0.25) is 4.77 Å². The van der Waals surface area contributed by atoms with Gasteiger partial charge in [-0.3, -0.25) is 9.89 Å². The lowest BCUT2D eigenvalue weighted by atomic mass is 10.2. The van der Waals surface area contributed by atoms with Crippen LogP contribution in [0, 0.1) is 4.77 Å². The molecule has 0 spiro atoms. The van der Waals surface area contributed by atoms with Gasteiger partial charge in [0.15, 0.2) is 0 Å². The molecule has 0 radical (unpaired) electrons. The summed E-state index contributed by atoms with van der Waals surface area (Å²) < 4.78 is 7.14. The number of ether oxygens (including phenoxy) is 1. The van der Waals surface area contributed by atoms with Crippen LogP contribution in [0.3, 0.4) is 0 Å². The summed E-state index contributed by atoms with van der Waals surface area (Å²) >= 11 is 5.24. The minimum atomic E-state index is -0.315. The molecule has 0 aliphatic heterocycles. The van der Waals surface area contributed by atoms with Crippen molar-refractivity contribution in [1.29, 1.82) is 0 Å². The van der Waals surface area contributed by atoms with Crippen molar-refractivity contribution in [3.05, 3.63) is 40.8 Å². The van der Waals surface area contributed by atoms with E-state index in [1.165, 1.54) is 6.92 Å². The summed E-state index contributed by atoms with van der Waals surface area (Å²) in [5.74, 6) is -0.315. The van der Waals surface area contributed by atoms with Crippen molar-refractivity contribution in [1.82, 2.24) is 14.6 Å². The van der Waals surface area contributed by atoms with Crippen LogP contribution in [0.15, 0.2) is 30.3 Å². The van der Waals surface area contributed by atoms with E-state index in [-0.39, 0.29) is 12.6 Å². The van der Waals surface area contributed by atoms with Crippen molar-refractivity contribution < 1.29 is 9.53 Å². The summed E-state index contributed by atoms with van der Waals surface area (Å²) in [5.41, 5.74) is 2.56. The molecular formula is C13H11N3O2S. The Labute approximate surface area is 113 Å². The largest absolute Gasteiger partial charge is 0.459 e. The summed E-state index contributed by atoms with van der Waals surface area (Å²) in [6.45, 7) is 1.57. The molecule has 0 fully saturated rings. The number of benzene rings is 1. The molecule has 0 aliphatic rings. The van der Waals surface area contributed by atoms with Crippen LogP contribution >= 0.6 is 12.2 Å². The summed E-state index contributed by atoms with van der Waals surface area (Å²) in [4.78, 5) is 15.2. The molecule has 0 amide bonds. The van der Waals surface area contributed by atoms with E-state index >= 15 is 0 Å². The standard InChI is InChI=1S/C13H11N3O2S/c1-8(17)18-7-9-6-12-10-4-2-3-5-11(10)14-13(19)16(12)15-9/h2-6,15H,7H2,1H3. The van der Waals surface area contributed by atoms with Crippen LogP contribution in [0.4, 0.5) is 0 Å². The van der Waals surface area contributed by atoms with Gasteiger partial charge >= 0.3 is 5.97 Å². The number of esters is 1. The molecule has 2 aromatic heterocycles. The van der Waals surface area contributed by atoms with Crippen LogP contribution in [-0.4, -0.2) is 20.6 Å². The van der Waals surface area contributed by atoms with Crippen molar-refractivity contribution in [3.8, 4) is 0 Å². The number of carbonyl (C=O) groups is 1. The zero-order chi connectivity index (χ0) is 13.4.